The van der Waals surface area contributed by atoms with Crippen molar-refractivity contribution < 1.29 is 13.2 Å². The van der Waals surface area contributed by atoms with Crippen LogP contribution in [0.25, 0.3) is 10.9 Å². The highest BCUT2D eigenvalue weighted by Crippen LogP contribution is 2.40. The third-order valence-corrected chi connectivity index (χ3v) is 4.97. The van der Waals surface area contributed by atoms with Crippen molar-refractivity contribution in [3.63, 3.8) is 0 Å². The molecule has 3 aromatic rings. The average molecular weight is 344 g/mol. The van der Waals surface area contributed by atoms with Crippen LogP contribution in [0.4, 0.5) is 13.2 Å². The summed E-state index contributed by atoms with van der Waals surface area (Å²) in [5, 5.41) is 4.42. The van der Waals surface area contributed by atoms with Crippen molar-refractivity contribution in [2.45, 2.75) is 32.5 Å². The third kappa shape index (κ3) is 2.63. The molecule has 0 fully saturated rings. The lowest BCUT2D eigenvalue weighted by Crippen LogP contribution is -2.32. The van der Waals surface area contributed by atoms with Crippen LogP contribution in [0.5, 0.6) is 0 Å². The van der Waals surface area contributed by atoms with E-state index >= 15 is 0 Å². The molecule has 5 heteroatoms. The zero-order chi connectivity index (χ0) is 17.8. The number of aryl methyl sites for hydroxylation is 2. The molecule has 130 valence electrons. The molecule has 0 amide bonds. The minimum Gasteiger partial charge on any atom is -0.357 e. The molecule has 1 aliphatic rings. The van der Waals surface area contributed by atoms with Crippen LogP contribution in [0, 0.1) is 13.8 Å². The fraction of sp³-hybridized carbons (Fsp3) is 0.300. The first-order valence-corrected chi connectivity index (χ1v) is 8.37. The average Bonchev–Trinajstić information content (AvgIpc) is 2.92. The molecule has 0 saturated heterocycles. The molecule has 1 aliphatic heterocycles. The fourth-order valence-electron chi connectivity index (χ4n) is 4.04. The first kappa shape index (κ1) is 16.2. The SMILES string of the molecule is Cc1cc(C)c2c3c([nH]c2c1)C(c1ccccc1C(F)(F)F)NCC3. The number of fused-ring (bicyclic) bond motifs is 3. The fourth-order valence-corrected chi connectivity index (χ4v) is 4.04. The Balaban J connectivity index is 1.94. The molecule has 2 aromatic carbocycles. The molecule has 4 rings (SSSR count). The molecule has 2 nitrogen and oxygen atoms in total. The Morgan fingerprint density at radius 2 is 1.84 bits per heavy atom. The Hall–Kier alpha value is -2.27. The highest BCUT2D eigenvalue weighted by atomic mass is 19.4. The lowest BCUT2D eigenvalue weighted by molar-refractivity contribution is -0.138. The minimum atomic E-state index is -4.37. The Bertz CT molecular complexity index is 953. The monoisotopic (exact) mass is 344 g/mol. The summed E-state index contributed by atoms with van der Waals surface area (Å²) in [6.07, 6.45) is -3.56. The molecule has 1 atom stereocenters. The molecule has 2 N–H and O–H groups in total. The van der Waals surface area contributed by atoms with Crippen LogP contribution < -0.4 is 5.32 Å². The topological polar surface area (TPSA) is 27.8 Å². The van der Waals surface area contributed by atoms with E-state index in [0.717, 1.165) is 45.8 Å². The van der Waals surface area contributed by atoms with Gasteiger partial charge in [-0.25, -0.2) is 0 Å². The molecule has 0 saturated carbocycles. The Morgan fingerprint density at radius 1 is 1.08 bits per heavy atom. The molecule has 1 aromatic heterocycles. The van der Waals surface area contributed by atoms with Gasteiger partial charge >= 0.3 is 6.18 Å². The van der Waals surface area contributed by atoms with E-state index in [1.54, 1.807) is 12.1 Å². The van der Waals surface area contributed by atoms with E-state index in [-0.39, 0.29) is 5.56 Å². The minimum absolute atomic E-state index is 0.275. The van der Waals surface area contributed by atoms with E-state index in [1.165, 1.54) is 6.07 Å². The summed E-state index contributed by atoms with van der Waals surface area (Å²) >= 11 is 0. The van der Waals surface area contributed by atoms with Crippen LogP contribution >= 0.6 is 0 Å². The molecule has 0 bridgehead atoms. The Morgan fingerprint density at radius 3 is 2.60 bits per heavy atom. The number of aromatic nitrogens is 1. The van der Waals surface area contributed by atoms with Crippen LogP contribution in [-0.4, -0.2) is 11.5 Å². The van der Waals surface area contributed by atoms with Gasteiger partial charge in [0.15, 0.2) is 0 Å². The highest BCUT2D eigenvalue weighted by Gasteiger charge is 2.37. The van der Waals surface area contributed by atoms with Crippen molar-refractivity contribution in [1.82, 2.24) is 10.3 Å². The predicted molar refractivity (Wildman–Crippen MR) is 92.8 cm³/mol. The summed E-state index contributed by atoms with van der Waals surface area (Å²) in [5.41, 5.74) is 4.99. The number of alkyl halides is 3. The van der Waals surface area contributed by atoms with Gasteiger partial charge in [-0.2, -0.15) is 13.2 Å². The zero-order valence-corrected chi connectivity index (χ0v) is 14.1. The standard InChI is InChI=1S/C20H19F3N2/c1-11-9-12(2)17-14-7-8-24-18(19(14)25-16(17)10-11)13-5-3-4-6-15(13)20(21,22)23/h3-6,9-10,18,24-25H,7-8H2,1-2H3. The normalized spacial score (nSPS) is 17.7. The summed E-state index contributed by atoms with van der Waals surface area (Å²) in [6, 6.07) is 9.54. The molecule has 0 radical (unpaired) electrons. The number of halogens is 3. The van der Waals surface area contributed by atoms with Crippen molar-refractivity contribution in [2.24, 2.45) is 0 Å². The zero-order valence-electron chi connectivity index (χ0n) is 14.1. The number of hydrogen-bond donors (Lipinski definition) is 2. The Kier molecular flexibility index (Phi) is 3.65. The molecule has 25 heavy (non-hydrogen) atoms. The van der Waals surface area contributed by atoms with Crippen LogP contribution in [0.3, 0.4) is 0 Å². The molecule has 1 unspecified atom stereocenters. The van der Waals surface area contributed by atoms with Crippen molar-refractivity contribution in [1.29, 1.82) is 0 Å². The quantitative estimate of drug-likeness (QED) is 0.636. The van der Waals surface area contributed by atoms with Crippen molar-refractivity contribution >= 4 is 10.9 Å². The van der Waals surface area contributed by atoms with E-state index in [1.807, 2.05) is 6.92 Å². The van der Waals surface area contributed by atoms with Crippen molar-refractivity contribution in [3.05, 3.63) is 69.9 Å². The maximum atomic E-state index is 13.5. The number of aromatic amines is 1. The van der Waals surface area contributed by atoms with E-state index in [9.17, 15) is 13.2 Å². The van der Waals surface area contributed by atoms with Crippen LogP contribution in [-0.2, 0) is 12.6 Å². The van der Waals surface area contributed by atoms with Crippen LogP contribution in [0.15, 0.2) is 36.4 Å². The van der Waals surface area contributed by atoms with Gasteiger partial charge in [0.05, 0.1) is 11.6 Å². The van der Waals surface area contributed by atoms with Crippen molar-refractivity contribution in [3.8, 4) is 0 Å². The van der Waals surface area contributed by atoms with Gasteiger partial charge in [-0.05, 0) is 54.7 Å². The maximum Gasteiger partial charge on any atom is 0.416 e. The van der Waals surface area contributed by atoms with Gasteiger partial charge in [0.25, 0.3) is 0 Å². The second-order valence-corrected chi connectivity index (χ2v) is 6.74. The lowest BCUT2D eigenvalue weighted by Gasteiger charge is -2.27. The first-order chi connectivity index (χ1) is 11.9. The Labute approximate surface area is 144 Å². The molecule has 0 spiro atoms. The second kappa shape index (κ2) is 5.63. The molecule has 0 aliphatic carbocycles. The van der Waals surface area contributed by atoms with E-state index < -0.39 is 17.8 Å². The number of benzene rings is 2. The van der Waals surface area contributed by atoms with Gasteiger partial charge in [-0.3, -0.25) is 0 Å². The maximum absolute atomic E-state index is 13.5. The van der Waals surface area contributed by atoms with Gasteiger partial charge in [-0.1, -0.05) is 24.3 Å². The number of H-pyrrole nitrogens is 1. The van der Waals surface area contributed by atoms with E-state index in [0.29, 0.717) is 6.54 Å². The third-order valence-electron chi connectivity index (χ3n) is 4.97. The van der Waals surface area contributed by atoms with Gasteiger partial charge in [0.1, 0.15) is 0 Å². The first-order valence-electron chi connectivity index (χ1n) is 8.37. The second-order valence-electron chi connectivity index (χ2n) is 6.74. The highest BCUT2D eigenvalue weighted by molar-refractivity contribution is 5.89. The van der Waals surface area contributed by atoms with Crippen LogP contribution in [0.1, 0.15) is 39.6 Å². The number of nitrogens with one attached hydrogen (secondary N) is 2. The van der Waals surface area contributed by atoms with Gasteiger partial charge in [0, 0.05) is 23.1 Å². The largest absolute Gasteiger partial charge is 0.416 e. The molecule has 2 heterocycles. The predicted octanol–water partition coefficient (Wildman–Crippen LogP) is 5.04. The van der Waals surface area contributed by atoms with Gasteiger partial charge in [-0.15, -0.1) is 0 Å². The summed E-state index contributed by atoms with van der Waals surface area (Å²) in [7, 11) is 0. The summed E-state index contributed by atoms with van der Waals surface area (Å²) in [4.78, 5) is 3.40. The molecular formula is C20H19F3N2. The van der Waals surface area contributed by atoms with Crippen LogP contribution in [0.2, 0.25) is 0 Å². The number of rotatable bonds is 1. The number of hydrogen-bond acceptors (Lipinski definition) is 1. The summed E-state index contributed by atoms with van der Waals surface area (Å²) in [6.45, 7) is 4.75. The van der Waals surface area contributed by atoms with E-state index in [4.69, 9.17) is 0 Å². The summed E-state index contributed by atoms with van der Waals surface area (Å²) in [5.74, 6) is 0. The van der Waals surface area contributed by atoms with Gasteiger partial charge < -0.3 is 10.3 Å². The lowest BCUT2D eigenvalue weighted by atomic mass is 9.90. The van der Waals surface area contributed by atoms with E-state index in [2.05, 4.69) is 29.4 Å². The smallest absolute Gasteiger partial charge is 0.357 e. The molecular weight excluding hydrogens is 325 g/mol. The van der Waals surface area contributed by atoms with Crippen molar-refractivity contribution in [2.75, 3.05) is 6.54 Å². The van der Waals surface area contributed by atoms with Gasteiger partial charge in [0.2, 0.25) is 0 Å². The summed E-state index contributed by atoms with van der Waals surface area (Å²) < 4.78 is 40.4.